The number of β-amino-alcohol motifs (C(OH)–C–C–N with tert-alkyl or cyclic N) is 2. The van der Waals surface area contributed by atoms with Gasteiger partial charge in [0.05, 0.1) is 18.8 Å². The second-order valence-electron chi connectivity index (χ2n) is 3.86. The third-order valence-corrected chi connectivity index (χ3v) is 3.35. The smallest absolute Gasteiger partial charge is 0.205 e. The number of hydrogen-bond donors (Lipinski definition) is 3. The predicted molar refractivity (Wildman–Crippen MR) is 61.4 cm³/mol. The lowest BCUT2D eigenvalue weighted by Crippen LogP contribution is -2.22. The lowest BCUT2D eigenvalue weighted by molar-refractivity contribution is 0.0572. The minimum absolute atomic E-state index is 0.497. The van der Waals surface area contributed by atoms with Gasteiger partial charge >= 0.3 is 0 Å². The van der Waals surface area contributed by atoms with Crippen LogP contribution in [-0.2, 0) is 6.54 Å². The van der Waals surface area contributed by atoms with E-state index < -0.39 is 12.2 Å². The number of aliphatic hydroxyl groups excluding tert-OH is 2. The second kappa shape index (κ2) is 5.05. The Hall–Kier alpha value is -0.760. The number of aliphatic hydroxyl groups is 2. The molecule has 2 atom stereocenters. The highest BCUT2D eigenvalue weighted by atomic mass is 32.1. The van der Waals surface area contributed by atoms with Gasteiger partial charge in [-0.1, -0.05) is 11.3 Å². The van der Waals surface area contributed by atoms with Crippen molar-refractivity contribution in [2.45, 2.75) is 25.7 Å². The van der Waals surface area contributed by atoms with Crippen molar-refractivity contribution in [1.29, 1.82) is 0 Å². The molecule has 0 aromatic carbocycles. The minimum Gasteiger partial charge on any atom is -0.389 e. The van der Waals surface area contributed by atoms with Crippen LogP contribution < -0.4 is 5.32 Å². The molecule has 1 aromatic rings. The molecule has 3 N–H and O–H groups in total. The van der Waals surface area contributed by atoms with Gasteiger partial charge in [0.25, 0.3) is 0 Å². The molecule has 2 rings (SSSR count). The van der Waals surface area contributed by atoms with Crippen LogP contribution in [-0.4, -0.2) is 57.2 Å². The van der Waals surface area contributed by atoms with Crippen molar-refractivity contribution in [3.8, 4) is 0 Å². The zero-order valence-electron chi connectivity index (χ0n) is 9.13. The van der Waals surface area contributed by atoms with E-state index >= 15 is 0 Å². The maximum absolute atomic E-state index is 9.40. The number of rotatable bonds is 4. The molecule has 6 nitrogen and oxygen atoms in total. The molecule has 2 unspecified atom stereocenters. The molecule has 1 aliphatic heterocycles. The predicted octanol–water partition coefficient (Wildman–Crippen LogP) is -0.493. The first-order valence-electron chi connectivity index (χ1n) is 5.33. The molecule has 16 heavy (non-hydrogen) atoms. The molecule has 1 saturated heterocycles. The zero-order chi connectivity index (χ0) is 11.5. The van der Waals surface area contributed by atoms with Crippen LogP contribution in [0.2, 0.25) is 0 Å². The highest BCUT2D eigenvalue weighted by Gasteiger charge is 2.29. The Morgan fingerprint density at radius 1 is 1.38 bits per heavy atom. The van der Waals surface area contributed by atoms with Crippen LogP contribution in [0.5, 0.6) is 0 Å². The van der Waals surface area contributed by atoms with Gasteiger partial charge in [0.2, 0.25) is 5.13 Å². The number of nitrogens with zero attached hydrogens (tertiary/aromatic N) is 3. The van der Waals surface area contributed by atoms with E-state index in [-0.39, 0.29) is 0 Å². The normalized spacial score (nSPS) is 26.2. The number of likely N-dealkylation sites (tertiary alicyclic amines) is 1. The summed E-state index contributed by atoms with van der Waals surface area (Å²) in [5.74, 6) is 0. The van der Waals surface area contributed by atoms with Gasteiger partial charge in [-0.2, -0.15) is 0 Å². The van der Waals surface area contributed by atoms with Crippen LogP contribution in [0.3, 0.4) is 0 Å². The van der Waals surface area contributed by atoms with Gasteiger partial charge in [-0.25, -0.2) is 0 Å². The summed E-state index contributed by atoms with van der Waals surface area (Å²) in [6.07, 6.45) is -1.28. The molecule has 0 bridgehead atoms. The first kappa shape index (κ1) is 11.7. The van der Waals surface area contributed by atoms with Crippen LogP contribution in [0, 0.1) is 0 Å². The van der Waals surface area contributed by atoms with Gasteiger partial charge in [-0.3, -0.25) is 4.90 Å². The van der Waals surface area contributed by atoms with Crippen molar-refractivity contribution in [2.75, 3.05) is 25.0 Å². The molecular weight excluding hydrogens is 228 g/mol. The standard InChI is InChI=1S/C9H16N4O2S/c1-2-10-9-12-11-8(16-9)5-13-3-6(14)7(15)4-13/h6-7,14-15H,2-5H2,1H3,(H,10,12). The maximum Gasteiger partial charge on any atom is 0.205 e. The minimum atomic E-state index is -0.638. The molecule has 1 aliphatic rings. The second-order valence-corrected chi connectivity index (χ2v) is 4.92. The summed E-state index contributed by atoms with van der Waals surface area (Å²) in [4.78, 5) is 1.98. The van der Waals surface area contributed by atoms with Crippen molar-refractivity contribution < 1.29 is 10.2 Å². The first-order valence-corrected chi connectivity index (χ1v) is 6.15. The average molecular weight is 244 g/mol. The van der Waals surface area contributed by atoms with Crippen LogP contribution >= 0.6 is 11.3 Å². The largest absolute Gasteiger partial charge is 0.389 e. The van der Waals surface area contributed by atoms with E-state index in [1.165, 1.54) is 11.3 Å². The Kier molecular flexibility index (Phi) is 3.70. The first-order chi connectivity index (χ1) is 7.69. The van der Waals surface area contributed by atoms with Crippen molar-refractivity contribution in [3.05, 3.63) is 5.01 Å². The zero-order valence-corrected chi connectivity index (χ0v) is 9.94. The van der Waals surface area contributed by atoms with Gasteiger partial charge in [0.1, 0.15) is 5.01 Å². The van der Waals surface area contributed by atoms with Crippen molar-refractivity contribution >= 4 is 16.5 Å². The monoisotopic (exact) mass is 244 g/mol. The number of anilines is 1. The molecule has 2 heterocycles. The van der Waals surface area contributed by atoms with E-state index in [9.17, 15) is 10.2 Å². The molecular formula is C9H16N4O2S. The summed E-state index contributed by atoms with van der Waals surface area (Å²) in [6.45, 7) is 4.47. The SMILES string of the molecule is CCNc1nnc(CN2CC(O)C(O)C2)s1. The Bertz CT molecular complexity index is 336. The molecule has 0 radical (unpaired) electrons. The Morgan fingerprint density at radius 2 is 2.06 bits per heavy atom. The van der Waals surface area contributed by atoms with Gasteiger partial charge < -0.3 is 15.5 Å². The summed E-state index contributed by atoms with van der Waals surface area (Å²) < 4.78 is 0. The molecule has 1 fully saturated rings. The van der Waals surface area contributed by atoms with E-state index in [4.69, 9.17) is 0 Å². The summed E-state index contributed by atoms with van der Waals surface area (Å²) in [5.41, 5.74) is 0. The van der Waals surface area contributed by atoms with Crippen LogP contribution in [0.1, 0.15) is 11.9 Å². The highest BCUT2D eigenvalue weighted by molar-refractivity contribution is 7.15. The van der Waals surface area contributed by atoms with Crippen LogP contribution in [0.25, 0.3) is 0 Å². The summed E-state index contributed by atoms with van der Waals surface area (Å²) in [7, 11) is 0. The third-order valence-electron chi connectivity index (χ3n) is 2.49. The lowest BCUT2D eigenvalue weighted by Gasteiger charge is -2.11. The Balaban J connectivity index is 1.89. The van der Waals surface area contributed by atoms with E-state index in [2.05, 4.69) is 15.5 Å². The van der Waals surface area contributed by atoms with Gasteiger partial charge in [0, 0.05) is 19.6 Å². The van der Waals surface area contributed by atoms with Crippen molar-refractivity contribution in [2.24, 2.45) is 0 Å². The summed E-state index contributed by atoms with van der Waals surface area (Å²) >= 11 is 1.51. The van der Waals surface area contributed by atoms with Crippen molar-refractivity contribution in [3.63, 3.8) is 0 Å². The molecule has 7 heteroatoms. The van der Waals surface area contributed by atoms with Gasteiger partial charge in [0.15, 0.2) is 0 Å². The fraction of sp³-hybridized carbons (Fsp3) is 0.778. The van der Waals surface area contributed by atoms with Crippen molar-refractivity contribution in [1.82, 2.24) is 15.1 Å². The quantitative estimate of drug-likeness (QED) is 0.663. The molecule has 0 aliphatic carbocycles. The molecule has 0 spiro atoms. The van der Waals surface area contributed by atoms with E-state index in [1.807, 2.05) is 11.8 Å². The number of hydrogen-bond acceptors (Lipinski definition) is 7. The molecule has 0 amide bonds. The Morgan fingerprint density at radius 3 is 2.69 bits per heavy atom. The van der Waals surface area contributed by atoms with E-state index in [0.29, 0.717) is 19.6 Å². The molecule has 90 valence electrons. The fourth-order valence-electron chi connectivity index (χ4n) is 1.71. The van der Waals surface area contributed by atoms with Crippen LogP contribution in [0.4, 0.5) is 5.13 Å². The molecule has 1 aromatic heterocycles. The van der Waals surface area contributed by atoms with Gasteiger partial charge in [-0.05, 0) is 6.92 Å². The van der Waals surface area contributed by atoms with E-state index in [0.717, 1.165) is 16.7 Å². The van der Waals surface area contributed by atoms with E-state index in [1.54, 1.807) is 0 Å². The lowest BCUT2D eigenvalue weighted by atomic mass is 10.3. The summed E-state index contributed by atoms with van der Waals surface area (Å²) in [6, 6.07) is 0. The average Bonchev–Trinajstić information content (AvgIpc) is 2.77. The third kappa shape index (κ3) is 2.67. The molecule has 0 saturated carbocycles. The Labute approximate surface area is 97.9 Å². The highest BCUT2D eigenvalue weighted by Crippen LogP contribution is 2.19. The number of aromatic nitrogens is 2. The maximum atomic E-state index is 9.40. The summed E-state index contributed by atoms with van der Waals surface area (Å²) in [5, 5.41) is 31.7. The van der Waals surface area contributed by atoms with Crippen LogP contribution in [0.15, 0.2) is 0 Å². The number of nitrogens with one attached hydrogen (secondary N) is 1. The van der Waals surface area contributed by atoms with Gasteiger partial charge in [-0.15, -0.1) is 10.2 Å². The fourth-order valence-corrected chi connectivity index (χ4v) is 2.56. The topological polar surface area (TPSA) is 81.5 Å².